The number of pyridine rings is 1. The van der Waals surface area contributed by atoms with Gasteiger partial charge in [0.25, 0.3) is 5.91 Å². The number of aliphatic hydroxyl groups excluding tert-OH is 1. The molecule has 6 heteroatoms. The minimum absolute atomic E-state index is 0.105. The van der Waals surface area contributed by atoms with E-state index in [4.69, 9.17) is 0 Å². The maximum absolute atomic E-state index is 12.6. The summed E-state index contributed by atoms with van der Waals surface area (Å²) in [5.74, 6) is 1.08. The molecule has 0 bridgehead atoms. The van der Waals surface area contributed by atoms with Gasteiger partial charge in [-0.15, -0.1) is 0 Å². The highest BCUT2D eigenvalue weighted by molar-refractivity contribution is 5.95. The molecule has 0 atom stereocenters. The number of carbonyl (C=O) groups excluding carboxylic acids is 1. The number of likely N-dealkylation sites (tertiary alicyclic amines) is 2. The quantitative estimate of drug-likeness (QED) is 0.892. The monoisotopic (exact) mass is 358 g/mol. The van der Waals surface area contributed by atoms with E-state index in [0.29, 0.717) is 6.04 Å². The third kappa shape index (κ3) is 3.86. The highest BCUT2D eigenvalue weighted by atomic mass is 16.3. The van der Waals surface area contributed by atoms with Crippen molar-refractivity contribution >= 4 is 11.7 Å². The van der Waals surface area contributed by atoms with Gasteiger partial charge in [0.2, 0.25) is 0 Å². The SMILES string of the molecule is O=C(c1ccnc(N2CCC(N3CCC(O)CC3)CC2)c1)N1CCCC1. The average molecular weight is 358 g/mol. The van der Waals surface area contributed by atoms with Crippen molar-refractivity contribution in [2.24, 2.45) is 0 Å². The van der Waals surface area contributed by atoms with Crippen molar-refractivity contribution in [1.29, 1.82) is 0 Å². The number of aromatic nitrogens is 1. The number of piperidine rings is 2. The predicted octanol–water partition coefficient (Wildman–Crippen LogP) is 1.74. The number of aliphatic hydroxyl groups is 1. The number of hydrogen-bond donors (Lipinski definition) is 1. The number of hydrogen-bond acceptors (Lipinski definition) is 5. The average Bonchev–Trinajstić information content (AvgIpc) is 3.23. The molecule has 0 radical (unpaired) electrons. The fourth-order valence-corrected chi connectivity index (χ4v) is 4.54. The van der Waals surface area contributed by atoms with Gasteiger partial charge in [-0.1, -0.05) is 0 Å². The molecule has 0 aliphatic carbocycles. The smallest absolute Gasteiger partial charge is 0.254 e. The molecule has 142 valence electrons. The molecule has 3 saturated heterocycles. The molecule has 1 amide bonds. The van der Waals surface area contributed by atoms with Crippen LogP contribution in [0.2, 0.25) is 0 Å². The molecule has 1 N–H and O–H groups in total. The van der Waals surface area contributed by atoms with Gasteiger partial charge in [-0.05, 0) is 50.7 Å². The van der Waals surface area contributed by atoms with Crippen LogP contribution in [0.5, 0.6) is 0 Å². The van der Waals surface area contributed by atoms with Gasteiger partial charge < -0.3 is 19.8 Å². The summed E-state index contributed by atoms with van der Waals surface area (Å²) in [6.45, 7) is 5.77. The predicted molar refractivity (Wildman–Crippen MR) is 101 cm³/mol. The number of rotatable bonds is 3. The summed E-state index contributed by atoms with van der Waals surface area (Å²) >= 11 is 0. The van der Waals surface area contributed by atoms with Crippen molar-refractivity contribution in [1.82, 2.24) is 14.8 Å². The summed E-state index contributed by atoms with van der Waals surface area (Å²) in [5, 5.41) is 9.69. The van der Waals surface area contributed by atoms with E-state index in [1.807, 2.05) is 17.0 Å². The van der Waals surface area contributed by atoms with Gasteiger partial charge in [0.1, 0.15) is 5.82 Å². The van der Waals surface area contributed by atoms with Gasteiger partial charge in [-0.2, -0.15) is 0 Å². The second-order valence-corrected chi connectivity index (χ2v) is 7.89. The fraction of sp³-hybridized carbons (Fsp3) is 0.700. The van der Waals surface area contributed by atoms with Gasteiger partial charge >= 0.3 is 0 Å². The number of anilines is 1. The molecule has 4 rings (SSSR count). The Labute approximate surface area is 155 Å². The van der Waals surface area contributed by atoms with Crippen LogP contribution in [0.3, 0.4) is 0 Å². The Morgan fingerprint density at radius 2 is 1.69 bits per heavy atom. The van der Waals surface area contributed by atoms with E-state index in [-0.39, 0.29) is 12.0 Å². The lowest BCUT2D eigenvalue weighted by atomic mass is 9.99. The molecular weight excluding hydrogens is 328 g/mol. The van der Waals surface area contributed by atoms with E-state index in [1.54, 1.807) is 6.20 Å². The Bertz CT molecular complexity index is 616. The summed E-state index contributed by atoms with van der Waals surface area (Å²) in [6.07, 6.45) is 7.97. The van der Waals surface area contributed by atoms with Gasteiger partial charge in [0, 0.05) is 57.1 Å². The van der Waals surface area contributed by atoms with Crippen LogP contribution in [0.4, 0.5) is 5.82 Å². The van der Waals surface area contributed by atoms with Crippen molar-refractivity contribution in [3.8, 4) is 0 Å². The Morgan fingerprint density at radius 3 is 2.38 bits per heavy atom. The highest BCUT2D eigenvalue weighted by Crippen LogP contribution is 2.24. The van der Waals surface area contributed by atoms with Crippen molar-refractivity contribution in [3.63, 3.8) is 0 Å². The molecule has 6 nitrogen and oxygen atoms in total. The zero-order valence-electron chi connectivity index (χ0n) is 15.5. The lowest BCUT2D eigenvalue weighted by Gasteiger charge is -2.41. The Hall–Kier alpha value is -1.66. The molecule has 4 heterocycles. The van der Waals surface area contributed by atoms with E-state index in [1.165, 1.54) is 0 Å². The van der Waals surface area contributed by atoms with E-state index in [0.717, 1.165) is 89.2 Å². The fourth-order valence-electron chi connectivity index (χ4n) is 4.54. The van der Waals surface area contributed by atoms with Crippen LogP contribution >= 0.6 is 0 Å². The molecule has 1 aromatic rings. The topological polar surface area (TPSA) is 59.9 Å². The number of nitrogens with zero attached hydrogens (tertiary/aromatic N) is 4. The van der Waals surface area contributed by atoms with Gasteiger partial charge in [-0.3, -0.25) is 4.79 Å². The molecule has 0 unspecified atom stereocenters. The Kier molecular flexibility index (Phi) is 5.41. The van der Waals surface area contributed by atoms with Crippen LogP contribution in [-0.4, -0.2) is 77.2 Å². The second kappa shape index (κ2) is 7.92. The zero-order chi connectivity index (χ0) is 17.9. The molecule has 3 aliphatic heterocycles. The van der Waals surface area contributed by atoms with Crippen LogP contribution in [0.15, 0.2) is 18.3 Å². The van der Waals surface area contributed by atoms with Gasteiger partial charge in [-0.25, -0.2) is 4.98 Å². The Balaban J connectivity index is 1.35. The summed E-state index contributed by atoms with van der Waals surface area (Å²) in [7, 11) is 0. The van der Waals surface area contributed by atoms with Crippen molar-refractivity contribution in [3.05, 3.63) is 23.9 Å². The van der Waals surface area contributed by atoms with Crippen molar-refractivity contribution in [2.75, 3.05) is 44.2 Å². The molecule has 3 aliphatic rings. The Morgan fingerprint density at radius 1 is 1.00 bits per heavy atom. The van der Waals surface area contributed by atoms with Crippen LogP contribution in [-0.2, 0) is 0 Å². The van der Waals surface area contributed by atoms with Gasteiger partial charge in [0.15, 0.2) is 0 Å². The van der Waals surface area contributed by atoms with Crippen LogP contribution < -0.4 is 4.90 Å². The van der Waals surface area contributed by atoms with E-state index in [2.05, 4.69) is 14.8 Å². The minimum atomic E-state index is -0.105. The molecule has 0 saturated carbocycles. The standard InChI is InChI=1S/C20H30N4O2/c25-18-6-13-22(14-7-18)17-4-11-23(12-5-17)19-15-16(3-8-21-19)20(26)24-9-1-2-10-24/h3,8,15,17-18,25H,1-2,4-7,9-14H2. The van der Waals surface area contributed by atoms with E-state index in [9.17, 15) is 9.90 Å². The maximum Gasteiger partial charge on any atom is 0.254 e. The summed E-state index contributed by atoms with van der Waals surface area (Å²) in [4.78, 5) is 24.0. The molecular formula is C20H30N4O2. The largest absolute Gasteiger partial charge is 0.393 e. The lowest BCUT2D eigenvalue weighted by Crippen LogP contribution is -2.48. The van der Waals surface area contributed by atoms with Gasteiger partial charge in [0.05, 0.1) is 6.10 Å². The second-order valence-electron chi connectivity index (χ2n) is 7.89. The molecule has 26 heavy (non-hydrogen) atoms. The normalized spacial score (nSPS) is 23.6. The number of carbonyl (C=O) groups is 1. The van der Waals surface area contributed by atoms with E-state index < -0.39 is 0 Å². The molecule has 0 spiro atoms. The summed E-state index contributed by atoms with van der Waals surface area (Å²) in [6, 6.07) is 4.43. The first kappa shape index (κ1) is 17.7. The number of amides is 1. The van der Waals surface area contributed by atoms with E-state index >= 15 is 0 Å². The minimum Gasteiger partial charge on any atom is -0.393 e. The third-order valence-corrected chi connectivity index (χ3v) is 6.19. The first-order valence-corrected chi connectivity index (χ1v) is 10.1. The zero-order valence-corrected chi connectivity index (χ0v) is 15.5. The lowest BCUT2D eigenvalue weighted by molar-refractivity contribution is 0.0541. The van der Waals surface area contributed by atoms with Crippen molar-refractivity contribution in [2.45, 2.75) is 50.7 Å². The molecule has 1 aromatic heterocycles. The summed E-state index contributed by atoms with van der Waals surface area (Å²) < 4.78 is 0. The van der Waals surface area contributed by atoms with Crippen LogP contribution in [0.1, 0.15) is 48.9 Å². The first-order chi connectivity index (χ1) is 12.7. The van der Waals surface area contributed by atoms with Crippen molar-refractivity contribution < 1.29 is 9.90 Å². The molecule has 0 aromatic carbocycles. The van der Waals surface area contributed by atoms with Crippen LogP contribution in [0, 0.1) is 0 Å². The first-order valence-electron chi connectivity index (χ1n) is 10.1. The van der Waals surface area contributed by atoms with Crippen LogP contribution in [0.25, 0.3) is 0 Å². The highest BCUT2D eigenvalue weighted by Gasteiger charge is 2.28. The maximum atomic E-state index is 12.6. The molecule has 3 fully saturated rings. The summed E-state index contributed by atoms with van der Waals surface area (Å²) in [5.41, 5.74) is 0.768. The third-order valence-electron chi connectivity index (χ3n) is 6.19.